The smallest absolute Gasteiger partial charge is 0.381 e. The molecule has 2 fully saturated rings. The number of ether oxygens (including phenoxy) is 1. The van der Waals surface area contributed by atoms with Crippen molar-refractivity contribution in [2.45, 2.75) is 49.9 Å². The van der Waals surface area contributed by atoms with Gasteiger partial charge in [0.05, 0.1) is 22.2 Å². The molecule has 2 aromatic rings. The van der Waals surface area contributed by atoms with Gasteiger partial charge in [0, 0.05) is 32.2 Å². The molecule has 2 aromatic heterocycles. The molecule has 4 rings (SSSR count). The number of halogens is 4. The van der Waals surface area contributed by atoms with Crippen LogP contribution in [0.15, 0.2) is 6.20 Å². The fourth-order valence-electron chi connectivity index (χ4n) is 3.78. The first-order valence-corrected chi connectivity index (χ1v) is 12.0. The summed E-state index contributed by atoms with van der Waals surface area (Å²) in [5.41, 5.74) is -1.46. The molecule has 0 unspecified atom stereocenters. The molecule has 0 aromatic carbocycles. The molecule has 6 nitrogen and oxygen atoms in total. The quantitative estimate of drug-likeness (QED) is 0.473. The molecule has 31 heavy (non-hydrogen) atoms. The molecule has 2 aliphatic rings. The van der Waals surface area contributed by atoms with Gasteiger partial charge in [0.2, 0.25) is 5.95 Å². The molecule has 0 bridgehead atoms. The fourth-order valence-corrected chi connectivity index (χ4v) is 5.56. The van der Waals surface area contributed by atoms with Gasteiger partial charge in [-0.05, 0) is 31.9 Å². The minimum absolute atomic E-state index is 0.0239. The minimum atomic E-state index is -4.70. The van der Waals surface area contributed by atoms with E-state index >= 15 is 0 Å². The Morgan fingerprint density at radius 1 is 1.23 bits per heavy atom. The zero-order valence-corrected chi connectivity index (χ0v) is 18.7. The summed E-state index contributed by atoms with van der Waals surface area (Å²) in [6.07, 6.45) is 1.16. The van der Waals surface area contributed by atoms with E-state index in [0.29, 0.717) is 17.8 Å². The third-order valence-electron chi connectivity index (χ3n) is 5.69. The van der Waals surface area contributed by atoms with E-state index in [1.807, 2.05) is 6.26 Å². The summed E-state index contributed by atoms with van der Waals surface area (Å²) in [6, 6.07) is 0.0850. The summed E-state index contributed by atoms with van der Waals surface area (Å²) in [4.78, 5) is 11.6. The molecule has 3 heterocycles. The summed E-state index contributed by atoms with van der Waals surface area (Å²) < 4.78 is 63.0. The van der Waals surface area contributed by atoms with Crippen LogP contribution in [0.25, 0.3) is 10.6 Å². The van der Waals surface area contributed by atoms with Crippen LogP contribution < -0.4 is 5.32 Å². The zero-order valence-electron chi connectivity index (χ0n) is 17.1. The maximum atomic E-state index is 14.6. The molecule has 170 valence electrons. The Morgan fingerprint density at radius 3 is 2.55 bits per heavy atom. The predicted molar refractivity (Wildman–Crippen MR) is 113 cm³/mol. The Hall–Kier alpha value is -1.50. The van der Waals surface area contributed by atoms with Gasteiger partial charge in [-0.2, -0.15) is 13.2 Å². The molecule has 0 atom stereocenters. The van der Waals surface area contributed by atoms with Gasteiger partial charge in [-0.3, -0.25) is 4.31 Å². The van der Waals surface area contributed by atoms with Crippen molar-refractivity contribution >= 4 is 29.2 Å². The number of hydrogen-bond donors (Lipinski definition) is 1. The van der Waals surface area contributed by atoms with E-state index in [1.165, 1.54) is 0 Å². The van der Waals surface area contributed by atoms with Crippen LogP contribution in [0.5, 0.6) is 0 Å². The van der Waals surface area contributed by atoms with E-state index in [2.05, 4.69) is 24.6 Å². The number of piperidine rings is 1. The number of alkyl halides is 3. The maximum Gasteiger partial charge on any atom is 0.434 e. The lowest BCUT2D eigenvalue weighted by Crippen LogP contribution is -2.35. The number of thiazole rings is 1. The van der Waals surface area contributed by atoms with Crippen molar-refractivity contribution in [3.8, 4) is 10.6 Å². The fraction of sp³-hybridized carbons (Fsp3) is 0.632. The second-order valence-corrected chi connectivity index (χ2v) is 9.59. The van der Waals surface area contributed by atoms with Crippen molar-refractivity contribution in [1.82, 2.24) is 19.3 Å². The van der Waals surface area contributed by atoms with E-state index in [-0.39, 0.29) is 34.6 Å². The van der Waals surface area contributed by atoms with Gasteiger partial charge in [-0.15, -0.1) is 11.3 Å². The van der Waals surface area contributed by atoms with Crippen LogP contribution in [0.4, 0.5) is 23.5 Å². The molecule has 1 aliphatic carbocycles. The highest BCUT2D eigenvalue weighted by Gasteiger charge is 2.42. The molecule has 12 heteroatoms. The number of hydrogen-bond acceptors (Lipinski definition) is 8. The molecule has 0 amide bonds. The van der Waals surface area contributed by atoms with E-state index in [4.69, 9.17) is 4.74 Å². The Bertz CT molecular complexity index is 911. The van der Waals surface area contributed by atoms with Gasteiger partial charge in [-0.25, -0.2) is 19.3 Å². The monoisotopic (exact) mass is 477 g/mol. The van der Waals surface area contributed by atoms with Gasteiger partial charge >= 0.3 is 6.18 Å². The van der Waals surface area contributed by atoms with Crippen LogP contribution >= 0.6 is 23.3 Å². The number of anilines is 1. The normalized spacial score (nSPS) is 23.0. The number of nitrogens with zero attached hydrogens (tertiary/aromatic N) is 4. The van der Waals surface area contributed by atoms with Crippen LogP contribution in [-0.2, 0) is 10.9 Å². The summed E-state index contributed by atoms with van der Waals surface area (Å²) in [5, 5.41) is 3.49. The number of aromatic nitrogens is 3. The second-order valence-electron chi connectivity index (χ2n) is 7.67. The minimum Gasteiger partial charge on any atom is -0.381 e. The second kappa shape index (κ2) is 9.16. The van der Waals surface area contributed by atoms with E-state index in [1.54, 1.807) is 19.1 Å². The van der Waals surface area contributed by atoms with Crippen molar-refractivity contribution < 1.29 is 22.3 Å². The van der Waals surface area contributed by atoms with Crippen molar-refractivity contribution in [2.75, 3.05) is 31.8 Å². The number of methoxy groups -OCH3 is 1. The first-order chi connectivity index (χ1) is 14.8. The average molecular weight is 478 g/mol. The number of rotatable bonds is 6. The Kier molecular flexibility index (Phi) is 6.71. The lowest BCUT2D eigenvalue weighted by atomic mass is 9.83. The number of nitrogens with one attached hydrogen (secondary N) is 1. The van der Waals surface area contributed by atoms with Gasteiger partial charge in [0.15, 0.2) is 11.5 Å². The van der Waals surface area contributed by atoms with Crippen molar-refractivity contribution in [1.29, 1.82) is 0 Å². The topological polar surface area (TPSA) is 63.2 Å². The summed E-state index contributed by atoms with van der Waals surface area (Å²) in [5.74, 6) is -0.883. The van der Waals surface area contributed by atoms with E-state index in [0.717, 1.165) is 43.5 Å². The summed E-state index contributed by atoms with van der Waals surface area (Å²) in [6.45, 7) is 1.76. The summed E-state index contributed by atoms with van der Waals surface area (Å²) >= 11 is 2.53. The molecular formula is C19H23F4N5OS2. The molecular weight excluding hydrogens is 454 g/mol. The van der Waals surface area contributed by atoms with E-state index < -0.39 is 17.7 Å². The lowest BCUT2D eigenvalue weighted by molar-refractivity contribution is -0.140. The predicted octanol–water partition coefficient (Wildman–Crippen LogP) is 4.80. The van der Waals surface area contributed by atoms with Gasteiger partial charge in [-0.1, -0.05) is 11.9 Å². The Balaban J connectivity index is 1.59. The standard InChI is InChI=1S/C19H23F4N5OS2/c1-29-12-7-10(8-12)17-27-16(19(21,22)23)15(31-17)14-13(20)9-24-18(26-14)25-11-3-5-28(30-2)6-4-11/h9-12H,3-8H2,1-2H3,(H,24,25,26). The molecule has 0 radical (unpaired) electrons. The van der Waals surface area contributed by atoms with Crippen LogP contribution in [0.1, 0.15) is 42.3 Å². The molecule has 1 N–H and O–H groups in total. The molecule has 1 saturated carbocycles. The van der Waals surface area contributed by atoms with Crippen LogP contribution in [-0.4, -0.2) is 57.9 Å². The van der Waals surface area contributed by atoms with E-state index in [9.17, 15) is 17.6 Å². The van der Waals surface area contributed by atoms with Crippen LogP contribution in [0.3, 0.4) is 0 Å². The highest BCUT2D eigenvalue weighted by Crippen LogP contribution is 2.46. The maximum absolute atomic E-state index is 14.6. The molecule has 1 aliphatic heterocycles. The van der Waals surface area contributed by atoms with Crippen molar-refractivity contribution in [3.63, 3.8) is 0 Å². The van der Waals surface area contributed by atoms with Crippen LogP contribution in [0.2, 0.25) is 0 Å². The first-order valence-electron chi connectivity index (χ1n) is 9.97. The zero-order chi connectivity index (χ0) is 22.2. The summed E-state index contributed by atoms with van der Waals surface area (Å²) in [7, 11) is 1.57. The van der Waals surface area contributed by atoms with Crippen molar-refractivity contribution in [2.24, 2.45) is 0 Å². The highest BCUT2D eigenvalue weighted by atomic mass is 32.2. The van der Waals surface area contributed by atoms with Gasteiger partial charge < -0.3 is 10.1 Å². The van der Waals surface area contributed by atoms with Gasteiger partial charge in [0.25, 0.3) is 0 Å². The third-order valence-corrected chi connectivity index (χ3v) is 7.80. The highest BCUT2D eigenvalue weighted by molar-refractivity contribution is 7.96. The van der Waals surface area contributed by atoms with Crippen molar-refractivity contribution in [3.05, 3.63) is 22.7 Å². The molecule has 1 saturated heterocycles. The third kappa shape index (κ3) is 4.96. The Labute approximate surface area is 185 Å². The molecule has 0 spiro atoms. The SMILES string of the molecule is COC1CC(c2nc(C(F)(F)F)c(-c3nc(NC4CCN(SC)CC4)ncc3F)s2)C1. The van der Waals surface area contributed by atoms with Crippen LogP contribution in [0, 0.1) is 5.82 Å². The Morgan fingerprint density at radius 2 is 1.94 bits per heavy atom. The first kappa shape index (κ1) is 22.7. The largest absolute Gasteiger partial charge is 0.434 e. The lowest BCUT2D eigenvalue weighted by Gasteiger charge is -2.32. The van der Waals surface area contributed by atoms with Gasteiger partial charge in [0.1, 0.15) is 5.69 Å². The average Bonchev–Trinajstić information content (AvgIpc) is 3.14.